The number of hydrazine groups is 1. The number of aryl methyl sites for hydroxylation is 1. The second-order valence-electron chi connectivity index (χ2n) is 11.9. The predicted molar refractivity (Wildman–Crippen MR) is 187 cm³/mol. The minimum absolute atomic E-state index is 0.0199. The topological polar surface area (TPSA) is 167 Å². The summed E-state index contributed by atoms with van der Waals surface area (Å²) in [6.45, 7) is 5.57. The van der Waals surface area contributed by atoms with Crippen LogP contribution in [0.25, 0.3) is 0 Å². The molecule has 0 saturated carbocycles. The number of nitrogens with one attached hydrogen (secondary N) is 4. The Balaban J connectivity index is 1.20. The normalized spacial score (nSPS) is 14.3. The minimum Gasteiger partial charge on any atom is -0.480 e. The van der Waals surface area contributed by atoms with Gasteiger partial charge in [0.15, 0.2) is 0 Å². The molecule has 0 bridgehead atoms. The lowest BCUT2D eigenvalue weighted by atomic mass is 10.0. The van der Waals surface area contributed by atoms with Crippen molar-refractivity contribution in [1.82, 2.24) is 35.8 Å². The molecule has 6 N–H and O–H groups in total. The number of benzene rings is 3. The number of hydrogen-bond acceptors (Lipinski definition) is 10. The van der Waals surface area contributed by atoms with Crippen LogP contribution >= 0.6 is 11.9 Å². The summed E-state index contributed by atoms with van der Waals surface area (Å²) in [4.78, 5) is 53.3. The van der Waals surface area contributed by atoms with Gasteiger partial charge in [0.25, 0.3) is 0 Å². The summed E-state index contributed by atoms with van der Waals surface area (Å²) < 4.78 is 0.767. The van der Waals surface area contributed by atoms with Crippen LogP contribution in [0, 0.1) is 6.92 Å². The average Bonchev–Trinajstić information content (AvgIpc) is 3.09. The number of carboxylic acid groups (broad SMARTS) is 1. The van der Waals surface area contributed by atoms with E-state index in [0.717, 1.165) is 44.3 Å². The Hall–Kier alpha value is -4.31. The highest BCUT2D eigenvalue weighted by Crippen LogP contribution is 2.15. The Bertz CT molecular complexity index is 1540. The standard InChI is InChI=1S/C35H45N7O6S/c1-26-7-5-11-29(17-26)20-36-32(43)23-40-13-15-41(16-14-40)24-33(44)37-21-30-12-6-10-28(18-30)19-31(35(47)38-22-34(45)46)39-42(48)49-25-27-8-3-2-4-9-27/h2-12,17-18,31,39,48H,13-16,19-25H2,1H3,(H,36,43)(H,37,44)(H,38,47)(H,45,46). The molecular weight excluding hydrogens is 646 g/mol. The van der Waals surface area contributed by atoms with Crippen molar-refractivity contribution in [1.29, 1.82) is 0 Å². The van der Waals surface area contributed by atoms with Crippen LogP contribution in [0.2, 0.25) is 0 Å². The third-order valence-corrected chi connectivity index (χ3v) is 8.70. The highest BCUT2D eigenvalue weighted by atomic mass is 32.2. The largest absolute Gasteiger partial charge is 0.480 e. The Morgan fingerprint density at radius 1 is 0.755 bits per heavy atom. The van der Waals surface area contributed by atoms with Crippen LogP contribution in [-0.4, -0.2) is 100 Å². The van der Waals surface area contributed by atoms with Crippen molar-refractivity contribution in [3.8, 4) is 0 Å². The fourth-order valence-corrected chi connectivity index (χ4v) is 5.98. The summed E-state index contributed by atoms with van der Waals surface area (Å²) in [5.41, 5.74) is 7.54. The number of amides is 3. The lowest BCUT2D eigenvalue weighted by Gasteiger charge is -2.33. The van der Waals surface area contributed by atoms with Crippen LogP contribution in [0.5, 0.6) is 0 Å². The van der Waals surface area contributed by atoms with E-state index in [9.17, 15) is 24.4 Å². The number of carbonyl (C=O) groups is 4. The van der Waals surface area contributed by atoms with Gasteiger partial charge >= 0.3 is 5.97 Å². The van der Waals surface area contributed by atoms with Crippen LogP contribution in [0.3, 0.4) is 0 Å². The van der Waals surface area contributed by atoms with E-state index in [1.54, 1.807) is 0 Å². The highest BCUT2D eigenvalue weighted by Gasteiger charge is 2.23. The fraction of sp³-hybridized carbons (Fsp3) is 0.371. The maximum absolute atomic E-state index is 12.8. The third-order valence-electron chi connectivity index (χ3n) is 7.89. The summed E-state index contributed by atoms with van der Waals surface area (Å²) in [5, 5.41) is 27.8. The zero-order valence-corrected chi connectivity index (χ0v) is 28.5. The zero-order chi connectivity index (χ0) is 35.0. The van der Waals surface area contributed by atoms with E-state index in [4.69, 9.17) is 5.11 Å². The van der Waals surface area contributed by atoms with E-state index in [1.807, 2.05) is 79.7 Å². The molecule has 3 aromatic carbocycles. The molecule has 1 unspecified atom stereocenters. The van der Waals surface area contributed by atoms with Gasteiger partial charge in [-0.05, 0) is 47.5 Å². The van der Waals surface area contributed by atoms with Gasteiger partial charge in [0.2, 0.25) is 17.7 Å². The Morgan fingerprint density at radius 3 is 1.90 bits per heavy atom. The lowest BCUT2D eigenvalue weighted by molar-refractivity contribution is -0.139. The van der Waals surface area contributed by atoms with Gasteiger partial charge in [-0.25, -0.2) is 5.43 Å². The van der Waals surface area contributed by atoms with Crippen molar-refractivity contribution in [3.05, 3.63) is 107 Å². The van der Waals surface area contributed by atoms with Gasteiger partial charge in [-0.2, -0.15) is 0 Å². The maximum atomic E-state index is 12.8. The molecule has 3 aromatic rings. The molecule has 1 fully saturated rings. The molecule has 4 rings (SSSR count). The first-order valence-electron chi connectivity index (χ1n) is 16.2. The zero-order valence-electron chi connectivity index (χ0n) is 27.6. The van der Waals surface area contributed by atoms with Gasteiger partial charge in [0.1, 0.15) is 12.6 Å². The van der Waals surface area contributed by atoms with Gasteiger partial charge in [-0.1, -0.05) is 89.0 Å². The quantitative estimate of drug-likeness (QED) is 0.0850. The Kier molecular flexibility index (Phi) is 15.0. The molecule has 49 heavy (non-hydrogen) atoms. The summed E-state index contributed by atoms with van der Waals surface area (Å²) in [5.74, 6) is -1.45. The number of carbonyl (C=O) groups excluding carboxylic acids is 3. The Labute approximate surface area is 291 Å². The molecule has 1 heterocycles. The molecule has 1 aliphatic heterocycles. The van der Waals surface area contributed by atoms with Crippen molar-refractivity contribution >= 4 is 35.6 Å². The number of nitrogens with zero attached hydrogens (tertiary/aromatic N) is 3. The van der Waals surface area contributed by atoms with E-state index in [0.29, 0.717) is 45.0 Å². The molecule has 14 heteroatoms. The predicted octanol–water partition coefficient (Wildman–Crippen LogP) is 1.70. The van der Waals surface area contributed by atoms with Crippen molar-refractivity contribution in [2.75, 3.05) is 45.8 Å². The first-order chi connectivity index (χ1) is 23.6. The minimum atomic E-state index is -1.18. The van der Waals surface area contributed by atoms with E-state index >= 15 is 0 Å². The van der Waals surface area contributed by atoms with Gasteiger partial charge in [0.05, 0.1) is 13.1 Å². The van der Waals surface area contributed by atoms with E-state index in [2.05, 4.69) is 37.2 Å². The molecular formula is C35H45N7O6S. The molecule has 0 aromatic heterocycles. The van der Waals surface area contributed by atoms with Crippen LogP contribution in [-0.2, 0) is 44.4 Å². The number of aliphatic carboxylic acids is 1. The monoisotopic (exact) mass is 691 g/mol. The molecule has 0 radical (unpaired) electrons. The Morgan fingerprint density at radius 2 is 1.31 bits per heavy atom. The van der Waals surface area contributed by atoms with Crippen molar-refractivity contribution in [2.24, 2.45) is 0 Å². The number of piperazine rings is 1. The first kappa shape index (κ1) is 37.5. The van der Waals surface area contributed by atoms with Crippen LogP contribution < -0.4 is 21.4 Å². The van der Waals surface area contributed by atoms with Gasteiger partial charge in [0, 0.05) is 45.0 Å². The molecule has 1 aliphatic rings. The molecule has 1 saturated heterocycles. The maximum Gasteiger partial charge on any atom is 0.322 e. The molecule has 1 atom stereocenters. The number of hydrogen-bond donors (Lipinski definition) is 6. The van der Waals surface area contributed by atoms with Gasteiger partial charge in [-0.15, -0.1) is 0 Å². The molecule has 3 amide bonds. The van der Waals surface area contributed by atoms with E-state index in [1.165, 1.54) is 0 Å². The second-order valence-corrected chi connectivity index (χ2v) is 12.8. The first-order valence-corrected chi connectivity index (χ1v) is 17.1. The number of rotatable bonds is 18. The molecule has 0 aliphatic carbocycles. The smallest absolute Gasteiger partial charge is 0.322 e. The van der Waals surface area contributed by atoms with Crippen molar-refractivity contribution in [2.45, 2.75) is 38.2 Å². The lowest BCUT2D eigenvalue weighted by Crippen LogP contribution is -2.51. The molecule has 0 spiro atoms. The van der Waals surface area contributed by atoms with E-state index in [-0.39, 0.29) is 31.3 Å². The SMILES string of the molecule is Cc1cccc(CNC(=O)CN2CCN(CC(=O)NCc3cccc(CC(NN(O)SCc4ccccc4)C(=O)NCC(=O)O)c3)CC2)c1. The average molecular weight is 692 g/mol. The van der Waals surface area contributed by atoms with Gasteiger partial charge < -0.3 is 21.1 Å². The van der Waals surface area contributed by atoms with Gasteiger partial charge in [-0.3, -0.25) is 34.2 Å². The molecule has 13 nitrogen and oxygen atoms in total. The summed E-state index contributed by atoms with van der Waals surface area (Å²) in [6, 6.07) is 24.0. The summed E-state index contributed by atoms with van der Waals surface area (Å²) in [6.07, 6.45) is 0.157. The number of carboxylic acids is 1. The molecule has 262 valence electrons. The highest BCUT2D eigenvalue weighted by molar-refractivity contribution is 7.96. The summed E-state index contributed by atoms with van der Waals surface area (Å²) in [7, 11) is 0. The van der Waals surface area contributed by atoms with Crippen molar-refractivity contribution < 1.29 is 29.5 Å². The van der Waals surface area contributed by atoms with Crippen LogP contribution in [0.1, 0.15) is 27.8 Å². The van der Waals surface area contributed by atoms with E-state index < -0.39 is 24.5 Å². The van der Waals surface area contributed by atoms with Crippen LogP contribution in [0.4, 0.5) is 0 Å². The third kappa shape index (κ3) is 14.0. The van der Waals surface area contributed by atoms with Crippen LogP contribution in [0.15, 0.2) is 78.9 Å². The summed E-state index contributed by atoms with van der Waals surface area (Å²) >= 11 is 1.05. The second kappa shape index (κ2) is 19.6. The van der Waals surface area contributed by atoms with Crippen molar-refractivity contribution in [3.63, 3.8) is 0 Å². The fourth-order valence-electron chi connectivity index (χ4n) is 5.31.